The van der Waals surface area contributed by atoms with Crippen LogP contribution in [-0.4, -0.2) is 37.2 Å². The second-order valence-corrected chi connectivity index (χ2v) is 3.09. The number of ether oxygens (including phenoxy) is 1. The Bertz CT molecular complexity index is 227. The van der Waals surface area contributed by atoms with Gasteiger partial charge in [0.25, 0.3) is 0 Å². The van der Waals surface area contributed by atoms with Gasteiger partial charge in [-0.25, -0.2) is 0 Å². The zero-order valence-corrected chi connectivity index (χ0v) is 7.73. The molecule has 0 aromatic carbocycles. The first-order valence-electron chi connectivity index (χ1n) is 4.29. The van der Waals surface area contributed by atoms with E-state index in [4.69, 9.17) is 15.7 Å². The molecule has 5 nitrogen and oxygen atoms in total. The van der Waals surface area contributed by atoms with E-state index in [9.17, 15) is 0 Å². The normalized spacial score (nSPS) is 22.8. The first-order valence-corrected chi connectivity index (χ1v) is 4.29. The molecule has 1 unspecified atom stereocenters. The van der Waals surface area contributed by atoms with Gasteiger partial charge in [-0.2, -0.15) is 5.26 Å². The highest BCUT2D eigenvalue weighted by Crippen LogP contribution is 2.12. The van der Waals surface area contributed by atoms with Gasteiger partial charge >= 0.3 is 0 Å². The smallest absolute Gasteiger partial charge is 0.209 e. The van der Waals surface area contributed by atoms with E-state index in [-0.39, 0.29) is 12.1 Å². The standard InChI is InChI=1S/C8H14N4O/c1-12(8(10)11-6-9)5-7-3-2-4-13-7/h7H,2-5H2,1H3,(H2,10,11). The van der Waals surface area contributed by atoms with E-state index in [0.717, 1.165) is 19.4 Å². The minimum Gasteiger partial charge on any atom is -0.376 e. The molecular formula is C8H14N4O. The molecule has 72 valence electrons. The lowest BCUT2D eigenvalue weighted by molar-refractivity contribution is 0.0956. The highest BCUT2D eigenvalue weighted by Gasteiger charge is 2.17. The van der Waals surface area contributed by atoms with Gasteiger partial charge in [0.1, 0.15) is 0 Å². The predicted octanol–water partition coefficient (Wildman–Crippen LogP) is -0.107. The van der Waals surface area contributed by atoms with Crippen molar-refractivity contribution >= 4 is 5.96 Å². The Morgan fingerprint density at radius 2 is 2.62 bits per heavy atom. The first-order chi connectivity index (χ1) is 6.24. The Labute approximate surface area is 77.8 Å². The summed E-state index contributed by atoms with van der Waals surface area (Å²) in [5.41, 5.74) is 5.50. The van der Waals surface area contributed by atoms with E-state index in [2.05, 4.69) is 4.99 Å². The molecule has 0 amide bonds. The summed E-state index contributed by atoms with van der Waals surface area (Å²) in [4.78, 5) is 5.17. The van der Waals surface area contributed by atoms with Crippen molar-refractivity contribution in [1.82, 2.24) is 4.90 Å². The van der Waals surface area contributed by atoms with Crippen LogP contribution in [0.4, 0.5) is 0 Å². The summed E-state index contributed by atoms with van der Waals surface area (Å²) in [7, 11) is 1.80. The molecule has 0 bridgehead atoms. The molecule has 0 radical (unpaired) electrons. The first kappa shape index (κ1) is 9.81. The SMILES string of the molecule is CN(CC1CCCO1)C(N)=NC#N. The van der Waals surface area contributed by atoms with Gasteiger partial charge in [-0.15, -0.1) is 4.99 Å². The molecule has 13 heavy (non-hydrogen) atoms. The topological polar surface area (TPSA) is 74.6 Å². The number of nitrogens with zero attached hydrogens (tertiary/aromatic N) is 3. The minimum absolute atomic E-state index is 0.234. The molecule has 0 spiro atoms. The summed E-state index contributed by atoms with van der Waals surface area (Å²) in [6.45, 7) is 1.53. The maximum atomic E-state index is 8.27. The van der Waals surface area contributed by atoms with Crippen LogP contribution in [-0.2, 0) is 4.74 Å². The molecule has 0 aromatic rings. The molecule has 1 heterocycles. The third-order valence-corrected chi connectivity index (χ3v) is 2.06. The van der Waals surface area contributed by atoms with Crippen molar-refractivity contribution in [3.63, 3.8) is 0 Å². The molecule has 0 aliphatic carbocycles. The predicted molar refractivity (Wildman–Crippen MR) is 48.8 cm³/mol. The van der Waals surface area contributed by atoms with Gasteiger partial charge in [0.05, 0.1) is 6.10 Å². The third kappa shape index (κ3) is 2.92. The number of aliphatic imine (C=N–C) groups is 1. The Balaban J connectivity index is 2.36. The van der Waals surface area contributed by atoms with Crippen molar-refractivity contribution in [2.75, 3.05) is 20.2 Å². The van der Waals surface area contributed by atoms with Crippen LogP contribution in [0.2, 0.25) is 0 Å². The number of guanidine groups is 1. The molecule has 1 aliphatic heterocycles. The lowest BCUT2D eigenvalue weighted by Crippen LogP contribution is -2.38. The summed E-state index contributed by atoms with van der Waals surface area (Å²) in [6, 6.07) is 0. The molecule has 0 aromatic heterocycles. The quantitative estimate of drug-likeness (QED) is 0.367. The Morgan fingerprint density at radius 3 is 3.15 bits per heavy atom. The average molecular weight is 182 g/mol. The van der Waals surface area contributed by atoms with Crippen LogP contribution >= 0.6 is 0 Å². The summed E-state index contributed by atoms with van der Waals surface area (Å²) in [5, 5.41) is 8.27. The highest BCUT2D eigenvalue weighted by atomic mass is 16.5. The maximum Gasteiger partial charge on any atom is 0.209 e. The molecule has 1 fully saturated rings. The summed E-state index contributed by atoms with van der Waals surface area (Å²) in [6.07, 6.45) is 4.05. The van der Waals surface area contributed by atoms with Gasteiger partial charge in [-0.1, -0.05) is 0 Å². The van der Waals surface area contributed by atoms with Crippen LogP contribution < -0.4 is 5.73 Å². The number of hydrogen-bond acceptors (Lipinski definition) is 3. The Morgan fingerprint density at radius 1 is 1.85 bits per heavy atom. The zero-order chi connectivity index (χ0) is 9.68. The van der Waals surface area contributed by atoms with E-state index in [1.165, 1.54) is 0 Å². The molecule has 0 saturated carbocycles. The minimum atomic E-state index is 0.234. The second-order valence-electron chi connectivity index (χ2n) is 3.09. The maximum absolute atomic E-state index is 8.27. The van der Waals surface area contributed by atoms with Crippen molar-refractivity contribution in [2.45, 2.75) is 18.9 Å². The van der Waals surface area contributed by atoms with Crippen molar-refractivity contribution < 1.29 is 4.74 Å². The number of nitriles is 1. The van der Waals surface area contributed by atoms with Crippen LogP contribution in [0, 0.1) is 11.5 Å². The molecule has 1 atom stereocenters. The third-order valence-electron chi connectivity index (χ3n) is 2.06. The molecule has 5 heteroatoms. The largest absolute Gasteiger partial charge is 0.376 e. The number of rotatable bonds is 2. The van der Waals surface area contributed by atoms with E-state index >= 15 is 0 Å². The van der Waals surface area contributed by atoms with Crippen LogP contribution in [0.25, 0.3) is 0 Å². The lowest BCUT2D eigenvalue weighted by Gasteiger charge is -2.20. The number of likely N-dealkylation sites (N-methyl/N-ethyl adjacent to an activating group) is 1. The molecule has 1 saturated heterocycles. The van der Waals surface area contributed by atoms with Gasteiger partial charge in [0.15, 0.2) is 0 Å². The van der Waals surface area contributed by atoms with E-state index in [1.807, 2.05) is 0 Å². The van der Waals surface area contributed by atoms with Gasteiger partial charge in [0.2, 0.25) is 12.2 Å². The summed E-state index contributed by atoms with van der Waals surface area (Å²) in [5.74, 6) is 0.248. The average Bonchev–Trinajstić information content (AvgIpc) is 2.57. The van der Waals surface area contributed by atoms with E-state index < -0.39 is 0 Å². The van der Waals surface area contributed by atoms with Gasteiger partial charge in [-0.3, -0.25) is 0 Å². The van der Waals surface area contributed by atoms with E-state index in [1.54, 1.807) is 18.1 Å². The molecule has 2 N–H and O–H groups in total. The van der Waals surface area contributed by atoms with Crippen LogP contribution in [0.15, 0.2) is 4.99 Å². The highest BCUT2D eigenvalue weighted by molar-refractivity contribution is 5.78. The van der Waals surface area contributed by atoms with Crippen molar-refractivity contribution in [3.8, 4) is 6.19 Å². The number of hydrogen-bond donors (Lipinski definition) is 1. The van der Waals surface area contributed by atoms with Crippen LogP contribution in [0.5, 0.6) is 0 Å². The van der Waals surface area contributed by atoms with Crippen LogP contribution in [0.1, 0.15) is 12.8 Å². The fourth-order valence-electron chi connectivity index (χ4n) is 1.32. The Kier molecular flexibility index (Phi) is 3.53. The van der Waals surface area contributed by atoms with Gasteiger partial charge < -0.3 is 15.4 Å². The van der Waals surface area contributed by atoms with Crippen molar-refractivity contribution in [3.05, 3.63) is 0 Å². The molecule has 1 rings (SSSR count). The Hall–Kier alpha value is -1.28. The fraction of sp³-hybridized carbons (Fsp3) is 0.750. The molecule has 1 aliphatic rings. The fourth-order valence-corrected chi connectivity index (χ4v) is 1.32. The summed E-state index contributed by atoms with van der Waals surface area (Å²) < 4.78 is 5.42. The summed E-state index contributed by atoms with van der Waals surface area (Å²) >= 11 is 0. The van der Waals surface area contributed by atoms with Crippen LogP contribution in [0.3, 0.4) is 0 Å². The lowest BCUT2D eigenvalue weighted by atomic mass is 10.2. The second kappa shape index (κ2) is 4.67. The van der Waals surface area contributed by atoms with E-state index in [0.29, 0.717) is 6.54 Å². The van der Waals surface area contributed by atoms with Gasteiger partial charge in [0, 0.05) is 20.2 Å². The number of nitrogens with two attached hydrogens (primary N) is 1. The van der Waals surface area contributed by atoms with Gasteiger partial charge in [-0.05, 0) is 12.8 Å². The van der Waals surface area contributed by atoms with Crippen molar-refractivity contribution in [2.24, 2.45) is 10.7 Å². The van der Waals surface area contributed by atoms with Crippen molar-refractivity contribution in [1.29, 1.82) is 5.26 Å². The zero-order valence-electron chi connectivity index (χ0n) is 7.73. The monoisotopic (exact) mass is 182 g/mol. The molecular weight excluding hydrogens is 168 g/mol.